The van der Waals surface area contributed by atoms with Gasteiger partial charge in [-0.15, -0.1) is 0 Å². The Morgan fingerprint density at radius 2 is 1.85 bits per heavy atom. The van der Waals surface area contributed by atoms with Crippen molar-refractivity contribution in [3.05, 3.63) is 87.7 Å². The number of pyridine rings is 1. The van der Waals surface area contributed by atoms with Crippen LogP contribution in [0, 0.1) is 11.8 Å². The number of ether oxygens (including phenoxy) is 1. The highest BCUT2D eigenvalue weighted by atomic mass is 35.5. The summed E-state index contributed by atoms with van der Waals surface area (Å²) in [6.07, 6.45) is 12.7. The molecular formula is C39H50ClN3O4. The third-order valence-corrected chi connectivity index (χ3v) is 11.6. The number of anilines is 1. The number of fused-ring (bicyclic) bond motifs is 3. The van der Waals surface area contributed by atoms with Crippen molar-refractivity contribution in [2.24, 2.45) is 11.8 Å². The Kier molecular flexibility index (Phi) is 10.5. The predicted molar refractivity (Wildman–Crippen MR) is 187 cm³/mol. The van der Waals surface area contributed by atoms with E-state index in [1.54, 1.807) is 0 Å². The second kappa shape index (κ2) is 14.6. The molecule has 1 saturated heterocycles. The maximum atomic E-state index is 12.9. The van der Waals surface area contributed by atoms with Crippen LogP contribution < -0.4 is 10.1 Å². The number of hydrogen-bond donors (Lipinski definition) is 3. The van der Waals surface area contributed by atoms with E-state index in [9.17, 15) is 9.90 Å². The van der Waals surface area contributed by atoms with Gasteiger partial charge in [0.15, 0.2) is 0 Å². The number of benzene rings is 2. The first kappa shape index (κ1) is 33.8. The van der Waals surface area contributed by atoms with E-state index in [1.807, 2.05) is 36.5 Å². The van der Waals surface area contributed by atoms with Gasteiger partial charge in [-0.3, -0.25) is 9.88 Å². The Morgan fingerprint density at radius 1 is 1.06 bits per heavy atom. The Hall–Kier alpha value is -3.13. The van der Waals surface area contributed by atoms with Crippen molar-refractivity contribution in [1.29, 1.82) is 0 Å². The van der Waals surface area contributed by atoms with Gasteiger partial charge in [0.1, 0.15) is 11.3 Å². The van der Waals surface area contributed by atoms with Crippen molar-refractivity contribution in [2.75, 3.05) is 32.1 Å². The second-order valence-electron chi connectivity index (χ2n) is 14.3. The van der Waals surface area contributed by atoms with Gasteiger partial charge in [0.2, 0.25) is 0 Å². The van der Waals surface area contributed by atoms with Crippen LogP contribution >= 0.6 is 11.6 Å². The summed E-state index contributed by atoms with van der Waals surface area (Å²) in [5, 5.41) is 21.6. The molecule has 0 bridgehead atoms. The van der Waals surface area contributed by atoms with Crippen LogP contribution in [0.2, 0.25) is 5.02 Å². The van der Waals surface area contributed by atoms with Crippen molar-refractivity contribution in [2.45, 2.75) is 95.1 Å². The lowest BCUT2D eigenvalue weighted by atomic mass is 9.59. The maximum Gasteiger partial charge on any atom is 0.329 e. The van der Waals surface area contributed by atoms with Crippen LogP contribution in [-0.2, 0) is 36.0 Å². The zero-order valence-electron chi connectivity index (χ0n) is 27.9. The molecule has 252 valence electrons. The van der Waals surface area contributed by atoms with Crippen molar-refractivity contribution in [1.82, 2.24) is 9.88 Å². The topological polar surface area (TPSA) is 94.9 Å². The zero-order chi connectivity index (χ0) is 33.0. The molecule has 3 aromatic rings. The number of rotatable bonds is 10. The van der Waals surface area contributed by atoms with Crippen LogP contribution in [0.1, 0.15) is 86.2 Å². The van der Waals surface area contributed by atoms with E-state index in [1.165, 1.54) is 60.3 Å². The first-order valence-corrected chi connectivity index (χ1v) is 17.9. The largest absolute Gasteiger partial charge is 0.493 e. The quantitative estimate of drug-likeness (QED) is 0.208. The number of aliphatic hydroxyl groups is 1. The lowest BCUT2D eigenvalue weighted by Gasteiger charge is -2.47. The molecule has 2 aromatic carbocycles. The molecule has 2 atom stereocenters. The van der Waals surface area contributed by atoms with Crippen LogP contribution in [0.4, 0.5) is 5.69 Å². The van der Waals surface area contributed by atoms with Crippen LogP contribution in [0.15, 0.2) is 54.7 Å². The summed E-state index contributed by atoms with van der Waals surface area (Å²) in [4.78, 5) is 20.0. The number of carboxylic acids is 1. The molecule has 8 heteroatoms. The Bertz CT molecular complexity index is 1550. The van der Waals surface area contributed by atoms with E-state index in [4.69, 9.17) is 21.4 Å². The summed E-state index contributed by atoms with van der Waals surface area (Å²) >= 11 is 6.27. The van der Waals surface area contributed by atoms with Gasteiger partial charge in [0, 0.05) is 41.8 Å². The highest BCUT2D eigenvalue weighted by Gasteiger charge is 2.54. The van der Waals surface area contributed by atoms with E-state index < -0.39 is 11.5 Å². The number of aliphatic hydroxyl groups excluding tert-OH is 1. The SMILES string of the molecule is CO.C[C@@H](COc1ccnc2c1CCCC2)CC1Cc2ccc(CN3CCC3)cc2C12CCC(Nc1cccc(Cl)c1)(C(=O)O)CC2. The van der Waals surface area contributed by atoms with Gasteiger partial charge < -0.3 is 20.3 Å². The maximum absolute atomic E-state index is 12.9. The minimum absolute atomic E-state index is 0.0284. The number of halogens is 1. The van der Waals surface area contributed by atoms with Gasteiger partial charge in [-0.1, -0.05) is 42.8 Å². The number of aromatic nitrogens is 1. The van der Waals surface area contributed by atoms with Crippen molar-refractivity contribution in [3.8, 4) is 5.75 Å². The average Bonchev–Trinajstić information content (AvgIpc) is 3.35. The lowest BCUT2D eigenvalue weighted by molar-refractivity contribution is -0.144. The van der Waals surface area contributed by atoms with Gasteiger partial charge in [-0.2, -0.15) is 0 Å². The highest BCUT2D eigenvalue weighted by Crippen LogP contribution is 2.56. The summed E-state index contributed by atoms with van der Waals surface area (Å²) < 4.78 is 6.51. The second-order valence-corrected chi connectivity index (χ2v) is 14.7. The van der Waals surface area contributed by atoms with E-state index in [0.717, 1.165) is 63.6 Å². The van der Waals surface area contributed by atoms with Crippen LogP contribution in [0.25, 0.3) is 0 Å². The number of carbonyl (C=O) groups is 1. The van der Waals surface area contributed by atoms with E-state index >= 15 is 0 Å². The Labute approximate surface area is 284 Å². The number of likely N-dealkylation sites (tertiary alicyclic amines) is 1. The third kappa shape index (κ3) is 7.04. The van der Waals surface area contributed by atoms with Gasteiger partial charge >= 0.3 is 5.97 Å². The van der Waals surface area contributed by atoms with Gasteiger partial charge in [-0.05, 0) is 142 Å². The monoisotopic (exact) mass is 659 g/mol. The smallest absolute Gasteiger partial charge is 0.329 e. The molecular weight excluding hydrogens is 610 g/mol. The van der Waals surface area contributed by atoms with Crippen LogP contribution in [0.3, 0.4) is 0 Å². The molecule has 4 aliphatic rings. The molecule has 3 aliphatic carbocycles. The fraction of sp³-hybridized carbons (Fsp3) is 0.538. The normalized spacial score (nSPS) is 25.5. The minimum Gasteiger partial charge on any atom is -0.493 e. The summed E-state index contributed by atoms with van der Waals surface area (Å²) in [5.74, 6) is 1.07. The number of aliphatic carboxylic acids is 1. The summed E-state index contributed by atoms with van der Waals surface area (Å²) in [6, 6.07) is 16.7. The average molecular weight is 660 g/mol. The molecule has 1 unspecified atom stereocenters. The minimum atomic E-state index is -1.01. The molecule has 2 fully saturated rings. The molecule has 1 saturated carbocycles. The number of nitrogens with one attached hydrogen (secondary N) is 1. The van der Waals surface area contributed by atoms with Crippen molar-refractivity contribution < 1.29 is 19.7 Å². The molecule has 0 radical (unpaired) electrons. The number of aryl methyl sites for hydroxylation is 1. The van der Waals surface area contributed by atoms with E-state index in [-0.39, 0.29) is 5.41 Å². The van der Waals surface area contributed by atoms with Crippen molar-refractivity contribution >= 4 is 23.3 Å². The zero-order valence-corrected chi connectivity index (χ0v) is 28.7. The van der Waals surface area contributed by atoms with Gasteiger partial charge in [0.05, 0.1) is 6.61 Å². The fourth-order valence-electron chi connectivity index (χ4n) is 8.70. The lowest BCUT2D eigenvalue weighted by Crippen LogP contribution is -2.53. The predicted octanol–water partition coefficient (Wildman–Crippen LogP) is 7.45. The molecule has 7 nitrogen and oxygen atoms in total. The molecule has 3 N–H and O–H groups in total. The molecule has 47 heavy (non-hydrogen) atoms. The Morgan fingerprint density at radius 3 is 2.57 bits per heavy atom. The van der Waals surface area contributed by atoms with Crippen LogP contribution in [-0.4, -0.2) is 58.4 Å². The van der Waals surface area contributed by atoms with E-state index in [0.29, 0.717) is 36.3 Å². The highest BCUT2D eigenvalue weighted by molar-refractivity contribution is 6.30. The summed E-state index contributed by atoms with van der Waals surface area (Å²) in [5.41, 5.74) is 6.57. The molecule has 2 heterocycles. The molecule has 0 amide bonds. The first-order chi connectivity index (χ1) is 22.8. The summed E-state index contributed by atoms with van der Waals surface area (Å²) in [7, 11) is 1.00. The third-order valence-electron chi connectivity index (χ3n) is 11.3. The molecule has 1 aromatic heterocycles. The number of carboxylic acid groups (broad SMARTS) is 1. The molecule has 7 rings (SSSR count). The first-order valence-electron chi connectivity index (χ1n) is 17.5. The standard InChI is InChI=1S/C38H46ClN3O3.CH4O/c1-26(25-45-35-12-17-40-34-9-3-2-8-32(34)35)20-29-22-28-11-10-27(24-42-18-5-19-42)21-33(28)37(29)13-15-38(16-14-37,36(43)44)41-31-7-4-6-30(39)23-31;1-2/h4,6-7,10-12,17,21,23,26,29,41H,2-3,5,8-9,13-16,18-20,22,24-25H2,1H3,(H,43,44);2H,1H3/t26-,29?,37?,38?;/m1./s1. The van der Waals surface area contributed by atoms with E-state index in [2.05, 4.69) is 40.3 Å². The fourth-order valence-corrected chi connectivity index (χ4v) is 8.89. The summed E-state index contributed by atoms with van der Waals surface area (Å²) in [6.45, 7) is 6.38. The van der Waals surface area contributed by atoms with Gasteiger partial charge in [-0.25, -0.2) is 4.79 Å². The molecule has 1 aliphatic heterocycles. The van der Waals surface area contributed by atoms with Crippen molar-refractivity contribution in [3.63, 3.8) is 0 Å². The van der Waals surface area contributed by atoms with Crippen LogP contribution in [0.5, 0.6) is 5.75 Å². The number of hydrogen-bond acceptors (Lipinski definition) is 6. The van der Waals surface area contributed by atoms with Gasteiger partial charge in [0.25, 0.3) is 0 Å². The molecule has 1 spiro atoms. The Balaban J connectivity index is 0.00000190. The number of nitrogens with zero attached hydrogens (tertiary/aromatic N) is 2.